The van der Waals surface area contributed by atoms with Crippen LogP contribution in [-0.2, 0) is 22.6 Å². The Hall–Kier alpha value is -1.66. The minimum atomic E-state index is -0.891. The molecule has 0 aliphatic rings. The van der Waals surface area contributed by atoms with Crippen LogP contribution < -0.4 is 4.74 Å². The van der Waals surface area contributed by atoms with Crippen LogP contribution in [0.3, 0.4) is 0 Å². The van der Waals surface area contributed by atoms with E-state index in [2.05, 4.69) is 21.0 Å². The highest BCUT2D eigenvalue weighted by molar-refractivity contribution is 9.10. The number of aromatic nitrogens is 2. The number of nitrogens with zero attached hydrogens (tertiary/aromatic N) is 2. The topological polar surface area (TPSA) is 81.4 Å². The number of hydrogen-bond acceptors (Lipinski definition) is 5. The Kier molecular flexibility index (Phi) is 7.83. The third-order valence-electron chi connectivity index (χ3n) is 3.25. The molecule has 1 aromatic carbocycles. The van der Waals surface area contributed by atoms with Gasteiger partial charge in [0, 0.05) is 10.0 Å². The highest BCUT2D eigenvalue weighted by Gasteiger charge is 2.24. The Bertz CT molecular complexity index is 763. The summed E-state index contributed by atoms with van der Waals surface area (Å²) >= 11 is 9.97. The van der Waals surface area contributed by atoms with Crippen molar-refractivity contribution in [1.29, 1.82) is 0 Å². The molecule has 6 nitrogen and oxygen atoms in total. The summed E-state index contributed by atoms with van der Waals surface area (Å²) in [6.45, 7) is 5.85. The van der Waals surface area contributed by atoms with Crippen molar-refractivity contribution in [2.75, 3.05) is 7.11 Å². The van der Waals surface area contributed by atoms with Gasteiger partial charge in [0.05, 0.1) is 35.7 Å². The molecule has 0 aliphatic carbocycles. The summed E-state index contributed by atoms with van der Waals surface area (Å²) in [6.07, 6.45) is 0.976. The first-order valence-electron chi connectivity index (χ1n) is 7.49. The predicted octanol–water partition coefficient (Wildman–Crippen LogP) is 3.72. The number of ether oxygens (including phenoxy) is 1. The molecule has 0 fully saturated rings. The van der Waals surface area contributed by atoms with Gasteiger partial charge >= 0.3 is 6.15 Å². The quantitative estimate of drug-likeness (QED) is 0.780. The molecular weight excluding hydrogens is 412 g/mol. The monoisotopic (exact) mass is 430 g/mol. The van der Waals surface area contributed by atoms with Crippen molar-refractivity contribution in [1.82, 2.24) is 9.78 Å². The largest absolute Gasteiger partial charge is 0.496 e. The highest BCUT2D eigenvalue weighted by atomic mass is 79.9. The summed E-state index contributed by atoms with van der Waals surface area (Å²) < 4.78 is 8.15. The SMILES string of the molecule is CCc1nn(CC(C)(C)O)c(-c2ccc(Br)cc2OC)c1Cl.O=C=O. The Morgan fingerprint density at radius 3 is 2.48 bits per heavy atom. The third kappa shape index (κ3) is 5.68. The maximum Gasteiger partial charge on any atom is 0.373 e. The summed E-state index contributed by atoms with van der Waals surface area (Å²) in [4.78, 5) is 16.2. The van der Waals surface area contributed by atoms with Crippen molar-refractivity contribution in [3.63, 3.8) is 0 Å². The molecular formula is C17H20BrClN2O4. The van der Waals surface area contributed by atoms with E-state index in [4.69, 9.17) is 25.9 Å². The average molecular weight is 432 g/mol. The molecule has 1 heterocycles. The van der Waals surface area contributed by atoms with Gasteiger partial charge in [-0.1, -0.05) is 34.5 Å². The van der Waals surface area contributed by atoms with E-state index in [9.17, 15) is 5.11 Å². The molecule has 0 radical (unpaired) electrons. The molecule has 8 heteroatoms. The molecule has 0 unspecified atom stereocenters. The van der Waals surface area contributed by atoms with Crippen molar-refractivity contribution < 1.29 is 19.4 Å². The van der Waals surface area contributed by atoms with E-state index in [0.717, 1.165) is 27.8 Å². The summed E-state index contributed by atoms with van der Waals surface area (Å²) in [6, 6.07) is 5.76. The smallest absolute Gasteiger partial charge is 0.373 e. The van der Waals surface area contributed by atoms with Crippen molar-refractivity contribution in [2.24, 2.45) is 0 Å². The second kappa shape index (κ2) is 9.15. The van der Waals surface area contributed by atoms with E-state index in [1.54, 1.807) is 25.6 Å². The minimum absolute atomic E-state index is 0.250. The molecule has 2 rings (SSSR count). The van der Waals surface area contributed by atoms with E-state index in [-0.39, 0.29) is 6.15 Å². The summed E-state index contributed by atoms with van der Waals surface area (Å²) in [7, 11) is 1.62. The molecule has 1 aromatic heterocycles. The van der Waals surface area contributed by atoms with E-state index in [1.165, 1.54) is 0 Å². The van der Waals surface area contributed by atoms with Crippen LogP contribution in [0.4, 0.5) is 0 Å². The lowest BCUT2D eigenvalue weighted by molar-refractivity contribution is -0.191. The molecule has 1 N–H and O–H groups in total. The van der Waals surface area contributed by atoms with Gasteiger partial charge in [0.25, 0.3) is 0 Å². The van der Waals surface area contributed by atoms with Crippen LogP contribution in [0.5, 0.6) is 5.75 Å². The molecule has 0 bridgehead atoms. The van der Waals surface area contributed by atoms with Crippen LogP contribution in [0.1, 0.15) is 26.5 Å². The fourth-order valence-electron chi connectivity index (χ4n) is 2.31. The fourth-order valence-corrected chi connectivity index (χ4v) is 3.03. The first-order valence-corrected chi connectivity index (χ1v) is 8.66. The lowest BCUT2D eigenvalue weighted by atomic mass is 10.1. The number of aliphatic hydroxyl groups is 1. The van der Waals surface area contributed by atoms with E-state index in [0.29, 0.717) is 17.3 Å². The maximum atomic E-state index is 10.1. The Morgan fingerprint density at radius 1 is 1.40 bits per heavy atom. The normalized spacial score (nSPS) is 10.7. The van der Waals surface area contributed by atoms with Crippen molar-refractivity contribution in [3.8, 4) is 17.0 Å². The fraction of sp³-hybridized carbons (Fsp3) is 0.412. The number of benzene rings is 1. The lowest BCUT2D eigenvalue weighted by Gasteiger charge is -2.19. The predicted molar refractivity (Wildman–Crippen MR) is 97.6 cm³/mol. The molecule has 2 aromatic rings. The summed E-state index contributed by atoms with van der Waals surface area (Å²) in [5, 5.41) is 15.3. The van der Waals surface area contributed by atoms with Gasteiger partial charge in [-0.2, -0.15) is 14.7 Å². The Morgan fingerprint density at radius 2 is 2.00 bits per heavy atom. The van der Waals surface area contributed by atoms with Gasteiger partial charge in [0.15, 0.2) is 0 Å². The van der Waals surface area contributed by atoms with Gasteiger partial charge in [-0.3, -0.25) is 4.68 Å². The van der Waals surface area contributed by atoms with Crippen LogP contribution in [0.15, 0.2) is 22.7 Å². The van der Waals surface area contributed by atoms with Crippen LogP contribution in [-0.4, -0.2) is 33.7 Å². The zero-order chi connectivity index (χ0) is 19.2. The minimum Gasteiger partial charge on any atom is -0.496 e. The molecule has 0 spiro atoms. The van der Waals surface area contributed by atoms with Gasteiger partial charge < -0.3 is 9.84 Å². The lowest BCUT2D eigenvalue weighted by Crippen LogP contribution is -2.27. The molecule has 0 atom stereocenters. The first kappa shape index (κ1) is 21.4. The van der Waals surface area contributed by atoms with E-state index >= 15 is 0 Å². The number of aryl methyl sites for hydroxylation is 1. The third-order valence-corrected chi connectivity index (χ3v) is 4.14. The van der Waals surface area contributed by atoms with Crippen LogP contribution >= 0.6 is 27.5 Å². The van der Waals surface area contributed by atoms with Crippen molar-refractivity contribution in [3.05, 3.63) is 33.4 Å². The molecule has 0 aliphatic heterocycles. The average Bonchev–Trinajstić information content (AvgIpc) is 2.82. The molecule has 136 valence electrons. The molecule has 25 heavy (non-hydrogen) atoms. The second-order valence-electron chi connectivity index (χ2n) is 5.86. The second-order valence-corrected chi connectivity index (χ2v) is 7.15. The van der Waals surface area contributed by atoms with Crippen molar-refractivity contribution >= 4 is 33.7 Å². The number of halogens is 2. The van der Waals surface area contributed by atoms with E-state index in [1.807, 2.05) is 25.1 Å². The van der Waals surface area contributed by atoms with Gasteiger partial charge in [-0.25, -0.2) is 0 Å². The van der Waals surface area contributed by atoms with Crippen molar-refractivity contribution in [2.45, 2.75) is 39.3 Å². The molecule has 0 saturated heterocycles. The summed E-state index contributed by atoms with van der Waals surface area (Å²) in [5.41, 5.74) is 1.54. The van der Waals surface area contributed by atoms with Gasteiger partial charge in [0.1, 0.15) is 5.75 Å². The number of hydrogen-bond donors (Lipinski definition) is 1. The van der Waals surface area contributed by atoms with Gasteiger partial charge in [-0.15, -0.1) is 0 Å². The number of methoxy groups -OCH3 is 1. The Labute approximate surface area is 159 Å². The molecule has 0 amide bonds. The standard InChI is InChI=1S/C16H20BrClN2O2.CO2/c1-5-12-14(18)15(20(19-12)9-16(2,3)21)11-7-6-10(17)8-13(11)22-4;2-1-3/h6-8,21H,5,9H2,1-4H3;. The zero-order valence-corrected chi connectivity index (χ0v) is 16.8. The number of carbonyl (C=O) groups excluding carboxylic acids is 2. The van der Waals surface area contributed by atoms with Crippen LogP contribution in [0.25, 0.3) is 11.3 Å². The van der Waals surface area contributed by atoms with Crippen LogP contribution in [0, 0.1) is 0 Å². The van der Waals surface area contributed by atoms with Crippen LogP contribution in [0.2, 0.25) is 5.02 Å². The highest BCUT2D eigenvalue weighted by Crippen LogP contribution is 2.38. The van der Waals surface area contributed by atoms with Gasteiger partial charge in [-0.05, 0) is 38.5 Å². The first-order chi connectivity index (χ1) is 11.7. The maximum absolute atomic E-state index is 10.1. The van der Waals surface area contributed by atoms with Gasteiger partial charge in [0.2, 0.25) is 0 Å². The van der Waals surface area contributed by atoms with E-state index < -0.39 is 5.60 Å². The Balaban J connectivity index is 0.000000970. The number of rotatable bonds is 5. The summed E-state index contributed by atoms with van der Waals surface area (Å²) in [5.74, 6) is 0.704. The molecule has 0 saturated carbocycles. The zero-order valence-electron chi connectivity index (χ0n) is 14.5.